The molecule has 1 aliphatic carbocycles. The van der Waals surface area contributed by atoms with Crippen LogP contribution in [0.2, 0.25) is 0 Å². The van der Waals surface area contributed by atoms with Gasteiger partial charge in [-0.1, -0.05) is 13.3 Å². The minimum Gasteiger partial charge on any atom is -0.350 e. The highest BCUT2D eigenvalue weighted by Gasteiger charge is 2.32. The van der Waals surface area contributed by atoms with Gasteiger partial charge in [0.05, 0.1) is 12.5 Å². The Labute approximate surface area is 115 Å². The van der Waals surface area contributed by atoms with Gasteiger partial charge in [-0.15, -0.1) is 0 Å². The summed E-state index contributed by atoms with van der Waals surface area (Å²) in [4.78, 5) is 23.7. The van der Waals surface area contributed by atoms with Gasteiger partial charge in [0.15, 0.2) is 0 Å². The van der Waals surface area contributed by atoms with E-state index in [1.807, 2.05) is 20.8 Å². The van der Waals surface area contributed by atoms with Gasteiger partial charge in [-0.25, -0.2) is 0 Å². The lowest BCUT2D eigenvalue weighted by molar-refractivity contribution is -0.130. The molecule has 110 valence electrons. The molecule has 1 rings (SSSR count). The molecule has 0 aromatic rings. The fourth-order valence-electron chi connectivity index (χ4n) is 2.51. The van der Waals surface area contributed by atoms with Crippen molar-refractivity contribution >= 4 is 11.8 Å². The van der Waals surface area contributed by atoms with E-state index in [9.17, 15) is 9.59 Å². The number of amides is 2. The van der Waals surface area contributed by atoms with Crippen LogP contribution in [0.25, 0.3) is 0 Å². The number of rotatable bonds is 3. The molecule has 0 saturated heterocycles. The molecule has 0 radical (unpaired) electrons. The molecule has 3 unspecified atom stereocenters. The van der Waals surface area contributed by atoms with Crippen molar-refractivity contribution in [2.45, 2.75) is 58.5 Å². The van der Waals surface area contributed by atoms with Crippen LogP contribution in [-0.4, -0.2) is 29.9 Å². The van der Waals surface area contributed by atoms with Gasteiger partial charge in [0, 0.05) is 11.6 Å². The van der Waals surface area contributed by atoms with Crippen molar-refractivity contribution in [2.24, 2.45) is 17.6 Å². The summed E-state index contributed by atoms with van der Waals surface area (Å²) in [6, 6.07) is -0.0978. The van der Waals surface area contributed by atoms with Crippen LogP contribution in [0.15, 0.2) is 0 Å². The first-order valence-electron chi connectivity index (χ1n) is 7.05. The van der Waals surface area contributed by atoms with Gasteiger partial charge in [0.1, 0.15) is 0 Å². The van der Waals surface area contributed by atoms with Crippen molar-refractivity contribution in [3.8, 4) is 0 Å². The Bertz CT molecular complexity index is 336. The van der Waals surface area contributed by atoms with E-state index in [1.54, 1.807) is 0 Å². The summed E-state index contributed by atoms with van der Waals surface area (Å²) in [5.41, 5.74) is 5.79. The Balaban J connectivity index is 2.41. The van der Waals surface area contributed by atoms with E-state index < -0.39 is 0 Å². The van der Waals surface area contributed by atoms with Crippen molar-refractivity contribution in [1.82, 2.24) is 10.6 Å². The predicted octanol–water partition coefficient (Wildman–Crippen LogP) is 0.781. The van der Waals surface area contributed by atoms with Crippen molar-refractivity contribution in [2.75, 3.05) is 6.54 Å². The Morgan fingerprint density at radius 1 is 1.26 bits per heavy atom. The largest absolute Gasteiger partial charge is 0.350 e. The molecule has 1 saturated carbocycles. The van der Waals surface area contributed by atoms with Crippen LogP contribution in [0, 0.1) is 11.8 Å². The number of carbonyl (C=O) groups excluding carboxylic acids is 2. The summed E-state index contributed by atoms with van der Waals surface area (Å²) in [7, 11) is 0. The molecule has 1 fully saturated rings. The highest BCUT2D eigenvalue weighted by molar-refractivity contribution is 5.86. The first-order valence-corrected chi connectivity index (χ1v) is 7.05. The van der Waals surface area contributed by atoms with E-state index in [0.29, 0.717) is 5.92 Å². The standard InChI is InChI=1S/C14H27N3O2/c1-9-6-5-7-10(12(9)15)13(19)16-8-11(18)17-14(2,3)4/h9-10,12H,5-8,15H2,1-4H3,(H,16,19)(H,17,18). The maximum absolute atomic E-state index is 12.1. The molecule has 5 nitrogen and oxygen atoms in total. The molecule has 5 heteroatoms. The van der Waals surface area contributed by atoms with E-state index in [1.165, 1.54) is 0 Å². The molecule has 0 aromatic heterocycles. The third-order valence-electron chi connectivity index (χ3n) is 3.57. The quantitative estimate of drug-likeness (QED) is 0.708. The van der Waals surface area contributed by atoms with Crippen LogP contribution in [-0.2, 0) is 9.59 Å². The summed E-state index contributed by atoms with van der Waals surface area (Å²) >= 11 is 0. The van der Waals surface area contributed by atoms with Crippen molar-refractivity contribution < 1.29 is 9.59 Å². The maximum Gasteiger partial charge on any atom is 0.239 e. The maximum atomic E-state index is 12.1. The fourth-order valence-corrected chi connectivity index (χ4v) is 2.51. The van der Waals surface area contributed by atoms with Crippen molar-refractivity contribution in [3.05, 3.63) is 0 Å². The molecule has 0 aromatic carbocycles. The van der Waals surface area contributed by atoms with Gasteiger partial charge in [-0.05, 0) is 39.5 Å². The lowest BCUT2D eigenvalue weighted by Gasteiger charge is -2.32. The van der Waals surface area contributed by atoms with Gasteiger partial charge in [0.2, 0.25) is 11.8 Å². The highest BCUT2D eigenvalue weighted by atomic mass is 16.2. The fraction of sp³-hybridized carbons (Fsp3) is 0.857. The van der Waals surface area contributed by atoms with Crippen LogP contribution in [0.4, 0.5) is 0 Å². The zero-order chi connectivity index (χ0) is 14.6. The number of nitrogens with one attached hydrogen (secondary N) is 2. The Morgan fingerprint density at radius 2 is 1.89 bits per heavy atom. The summed E-state index contributed by atoms with van der Waals surface area (Å²) in [6.07, 6.45) is 2.93. The average molecular weight is 269 g/mol. The first-order chi connectivity index (χ1) is 8.70. The third-order valence-corrected chi connectivity index (χ3v) is 3.57. The van der Waals surface area contributed by atoms with Gasteiger partial charge >= 0.3 is 0 Å². The van der Waals surface area contributed by atoms with Gasteiger partial charge in [0.25, 0.3) is 0 Å². The minimum atomic E-state index is -0.280. The summed E-state index contributed by atoms with van der Waals surface area (Å²) in [6.45, 7) is 7.83. The van der Waals surface area contributed by atoms with Gasteiger partial charge < -0.3 is 16.4 Å². The van der Waals surface area contributed by atoms with E-state index >= 15 is 0 Å². The highest BCUT2D eigenvalue weighted by Crippen LogP contribution is 2.27. The van der Waals surface area contributed by atoms with E-state index in [-0.39, 0.29) is 35.9 Å². The molecular formula is C14H27N3O2. The van der Waals surface area contributed by atoms with Gasteiger partial charge in [-0.3, -0.25) is 9.59 Å². The van der Waals surface area contributed by atoms with Crippen LogP contribution < -0.4 is 16.4 Å². The SMILES string of the molecule is CC1CCCC(C(=O)NCC(=O)NC(C)(C)C)C1N. The Kier molecular flexibility index (Phi) is 5.35. The number of hydrogen-bond donors (Lipinski definition) is 3. The van der Waals surface area contributed by atoms with E-state index in [2.05, 4.69) is 17.6 Å². The molecule has 1 aliphatic rings. The number of carbonyl (C=O) groups is 2. The van der Waals surface area contributed by atoms with Crippen LogP contribution >= 0.6 is 0 Å². The molecule has 0 aliphatic heterocycles. The third kappa shape index (κ3) is 5.19. The van der Waals surface area contributed by atoms with Gasteiger partial charge in [-0.2, -0.15) is 0 Å². The Hall–Kier alpha value is -1.10. The number of hydrogen-bond acceptors (Lipinski definition) is 3. The average Bonchev–Trinajstić information content (AvgIpc) is 2.27. The van der Waals surface area contributed by atoms with Crippen LogP contribution in [0.1, 0.15) is 47.0 Å². The summed E-state index contributed by atoms with van der Waals surface area (Å²) < 4.78 is 0. The second-order valence-corrected chi connectivity index (χ2v) is 6.61. The minimum absolute atomic E-state index is 0.0215. The zero-order valence-corrected chi connectivity index (χ0v) is 12.5. The van der Waals surface area contributed by atoms with E-state index in [4.69, 9.17) is 5.73 Å². The smallest absolute Gasteiger partial charge is 0.239 e. The summed E-state index contributed by atoms with van der Waals surface area (Å²) in [5.74, 6) is -0.0551. The first kappa shape index (κ1) is 16.0. The summed E-state index contributed by atoms with van der Waals surface area (Å²) in [5, 5.41) is 5.51. The molecule has 0 heterocycles. The topological polar surface area (TPSA) is 84.2 Å². The van der Waals surface area contributed by atoms with Crippen LogP contribution in [0.5, 0.6) is 0 Å². The predicted molar refractivity (Wildman–Crippen MR) is 75.4 cm³/mol. The lowest BCUT2D eigenvalue weighted by atomic mass is 9.78. The Morgan fingerprint density at radius 3 is 2.47 bits per heavy atom. The number of nitrogens with two attached hydrogens (primary N) is 1. The van der Waals surface area contributed by atoms with Crippen LogP contribution in [0.3, 0.4) is 0 Å². The molecule has 0 bridgehead atoms. The monoisotopic (exact) mass is 269 g/mol. The molecule has 3 atom stereocenters. The van der Waals surface area contributed by atoms with Crippen molar-refractivity contribution in [1.29, 1.82) is 0 Å². The molecule has 0 spiro atoms. The second-order valence-electron chi connectivity index (χ2n) is 6.61. The van der Waals surface area contributed by atoms with E-state index in [0.717, 1.165) is 19.3 Å². The lowest BCUT2D eigenvalue weighted by Crippen LogP contribution is -2.50. The molecule has 4 N–H and O–H groups in total. The normalized spacial score (nSPS) is 27.7. The molecular weight excluding hydrogens is 242 g/mol. The molecule has 19 heavy (non-hydrogen) atoms. The molecule has 2 amide bonds. The van der Waals surface area contributed by atoms with Crippen molar-refractivity contribution in [3.63, 3.8) is 0 Å². The zero-order valence-electron chi connectivity index (χ0n) is 12.5. The second kappa shape index (κ2) is 6.37.